The zero-order valence-electron chi connectivity index (χ0n) is 8.95. The monoisotopic (exact) mass is 206 g/mol. The Labute approximate surface area is 90.7 Å². The van der Waals surface area contributed by atoms with Crippen LogP contribution in [0.2, 0.25) is 0 Å². The lowest BCUT2D eigenvalue weighted by atomic mass is 10.2. The SMILES string of the molecule is Oc1ccc(CN2CCCNCC2)cc1. The van der Waals surface area contributed by atoms with Gasteiger partial charge >= 0.3 is 0 Å². The van der Waals surface area contributed by atoms with Gasteiger partial charge in [0.2, 0.25) is 0 Å². The summed E-state index contributed by atoms with van der Waals surface area (Å²) < 4.78 is 0. The smallest absolute Gasteiger partial charge is 0.115 e. The van der Waals surface area contributed by atoms with E-state index in [0.29, 0.717) is 5.75 Å². The van der Waals surface area contributed by atoms with Gasteiger partial charge in [-0.25, -0.2) is 0 Å². The van der Waals surface area contributed by atoms with E-state index in [2.05, 4.69) is 10.2 Å². The van der Waals surface area contributed by atoms with Crippen molar-refractivity contribution in [1.29, 1.82) is 0 Å². The van der Waals surface area contributed by atoms with Crippen LogP contribution < -0.4 is 5.32 Å². The fourth-order valence-electron chi connectivity index (χ4n) is 1.92. The molecule has 1 aliphatic heterocycles. The molecule has 0 saturated carbocycles. The molecular weight excluding hydrogens is 188 g/mol. The molecule has 2 N–H and O–H groups in total. The van der Waals surface area contributed by atoms with Crippen LogP contribution >= 0.6 is 0 Å². The minimum atomic E-state index is 0.344. The highest BCUT2D eigenvalue weighted by atomic mass is 16.3. The molecular formula is C12H18N2O. The molecule has 2 rings (SSSR count). The number of benzene rings is 1. The van der Waals surface area contributed by atoms with Crippen LogP contribution in [0.4, 0.5) is 0 Å². The van der Waals surface area contributed by atoms with Crippen molar-refractivity contribution in [3.8, 4) is 5.75 Å². The van der Waals surface area contributed by atoms with Crippen LogP contribution in [0.25, 0.3) is 0 Å². The molecule has 3 nitrogen and oxygen atoms in total. The first kappa shape index (κ1) is 10.5. The van der Waals surface area contributed by atoms with E-state index in [1.165, 1.54) is 12.0 Å². The van der Waals surface area contributed by atoms with Crippen molar-refractivity contribution in [3.63, 3.8) is 0 Å². The molecule has 3 heteroatoms. The Kier molecular flexibility index (Phi) is 3.59. The molecule has 82 valence electrons. The third kappa shape index (κ3) is 3.22. The number of phenols is 1. The molecule has 1 aliphatic rings. The number of aromatic hydroxyl groups is 1. The Morgan fingerprint density at radius 2 is 1.93 bits per heavy atom. The minimum Gasteiger partial charge on any atom is -0.508 e. The highest BCUT2D eigenvalue weighted by molar-refractivity contribution is 5.25. The molecule has 0 radical (unpaired) electrons. The molecule has 15 heavy (non-hydrogen) atoms. The van der Waals surface area contributed by atoms with Crippen LogP contribution in [-0.2, 0) is 6.54 Å². The van der Waals surface area contributed by atoms with E-state index in [1.807, 2.05) is 12.1 Å². The summed E-state index contributed by atoms with van der Waals surface area (Å²) in [6.07, 6.45) is 1.22. The number of nitrogens with one attached hydrogen (secondary N) is 1. The van der Waals surface area contributed by atoms with E-state index < -0.39 is 0 Å². The van der Waals surface area contributed by atoms with Crippen molar-refractivity contribution in [1.82, 2.24) is 10.2 Å². The fraction of sp³-hybridized carbons (Fsp3) is 0.500. The largest absolute Gasteiger partial charge is 0.508 e. The Morgan fingerprint density at radius 1 is 1.13 bits per heavy atom. The first-order chi connectivity index (χ1) is 7.34. The van der Waals surface area contributed by atoms with Crippen molar-refractivity contribution in [2.24, 2.45) is 0 Å². The summed E-state index contributed by atoms with van der Waals surface area (Å²) in [7, 11) is 0. The summed E-state index contributed by atoms with van der Waals surface area (Å²) in [6, 6.07) is 7.50. The van der Waals surface area contributed by atoms with Crippen molar-refractivity contribution in [2.45, 2.75) is 13.0 Å². The van der Waals surface area contributed by atoms with Gasteiger partial charge in [-0.15, -0.1) is 0 Å². The average Bonchev–Trinajstić information content (AvgIpc) is 2.50. The molecule has 1 aromatic rings. The summed E-state index contributed by atoms with van der Waals surface area (Å²) in [5, 5.41) is 12.6. The summed E-state index contributed by atoms with van der Waals surface area (Å²) in [4.78, 5) is 2.45. The van der Waals surface area contributed by atoms with E-state index in [0.717, 1.165) is 32.7 Å². The van der Waals surface area contributed by atoms with Gasteiger partial charge in [-0.3, -0.25) is 4.90 Å². The first-order valence-corrected chi connectivity index (χ1v) is 5.55. The molecule has 0 atom stereocenters. The number of rotatable bonds is 2. The van der Waals surface area contributed by atoms with Gasteiger partial charge in [0.25, 0.3) is 0 Å². The zero-order chi connectivity index (χ0) is 10.5. The van der Waals surface area contributed by atoms with Crippen molar-refractivity contribution in [2.75, 3.05) is 26.2 Å². The number of hydrogen-bond donors (Lipinski definition) is 2. The minimum absolute atomic E-state index is 0.344. The Bertz CT molecular complexity index is 289. The topological polar surface area (TPSA) is 35.5 Å². The van der Waals surface area contributed by atoms with Crippen LogP contribution in [-0.4, -0.2) is 36.2 Å². The summed E-state index contributed by atoms with van der Waals surface area (Å²) in [6.45, 7) is 5.47. The molecule has 0 unspecified atom stereocenters. The number of hydrogen-bond acceptors (Lipinski definition) is 3. The zero-order valence-corrected chi connectivity index (χ0v) is 8.95. The molecule has 1 heterocycles. The Balaban J connectivity index is 1.92. The standard InChI is InChI=1S/C12H18N2O/c15-12-4-2-11(3-5-12)10-14-8-1-6-13-7-9-14/h2-5,13,15H,1,6-10H2. The van der Waals surface area contributed by atoms with Crippen LogP contribution in [0.3, 0.4) is 0 Å². The van der Waals surface area contributed by atoms with Crippen molar-refractivity contribution in [3.05, 3.63) is 29.8 Å². The van der Waals surface area contributed by atoms with E-state index in [1.54, 1.807) is 12.1 Å². The van der Waals surface area contributed by atoms with Gasteiger partial charge in [-0.2, -0.15) is 0 Å². The van der Waals surface area contributed by atoms with Gasteiger partial charge in [-0.1, -0.05) is 12.1 Å². The maximum atomic E-state index is 9.18. The molecule has 1 saturated heterocycles. The third-order valence-corrected chi connectivity index (χ3v) is 2.78. The van der Waals surface area contributed by atoms with Gasteiger partial charge in [0.05, 0.1) is 0 Å². The lowest BCUT2D eigenvalue weighted by Gasteiger charge is -2.19. The Morgan fingerprint density at radius 3 is 2.73 bits per heavy atom. The van der Waals surface area contributed by atoms with Gasteiger partial charge < -0.3 is 10.4 Å². The maximum absolute atomic E-state index is 9.18. The molecule has 0 amide bonds. The highest BCUT2D eigenvalue weighted by Gasteiger charge is 2.08. The van der Waals surface area contributed by atoms with Gasteiger partial charge in [0, 0.05) is 19.6 Å². The lowest BCUT2D eigenvalue weighted by molar-refractivity contribution is 0.284. The summed E-state index contributed by atoms with van der Waals surface area (Å²) in [5.41, 5.74) is 1.27. The van der Waals surface area contributed by atoms with Crippen LogP contribution in [0.5, 0.6) is 5.75 Å². The van der Waals surface area contributed by atoms with Gasteiger partial charge in [0.15, 0.2) is 0 Å². The molecule has 1 aromatic carbocycles. The number of phenolic OH excluding ortho intramolecular Hbond substituents is 1. The maximum Gasteiger partial charge on any atom is 0.115 e. The van der Waals surface area contributed by atoms with Gasteiger partial charge in [0.1, 0.15) is 5.75 Å². The second kappa shape index (κ2) is 5.14. The van der Waals surface area contributed by atoms with E-state index in [-0.39, 0.29) is 0 Å². The lowest BCUT2D eigenvalue weighted by Crippen LogP contribution is -2.27. The molecule has 0 aliphatic carbocycles. The highest BCUT2D eigenvalue weighted by Crippen LogP contribution is 2.12. The second-order valence-electron chi connectivity index (χ2n) is 4.05. The van der Waals surface area contributed by atoms with Crippen LogP contribution in [0, 0.1) is 0 Å². The van der Waals surface area contributed by atoms with Crippen molar-refractivity contribution >= 4 is 0 Å². The Hall–Kier alpha value is -1.06. The van der Waals surface area contributed by atoms with Gasteiger partial charge in [-0.05, 0) is 37.2 Å². The van der Waals surface area contributed by atoms with Crippen molar-refractivity contribution < 1.29 is 5.11 Å². The fourth-order valence-corrected chi connectivity index (χ4v) is 1.92. The summed E-state index contributed by atoms with van der Waals surface area (Å²) >= 11 is 0. The molecule has 0 aromatic heterocycles. The number of nitrogens with zero attached hydrogens (tertiary/aromatic N) is 1. The molecule has 1 fully saturated rings. The molecule has 0 bridgehead atoms. The van der Waals surface area contributed by atoms with Crippen LogP contribution in [0.1, 0.15) is 12.0 Å². The third-order valence-electron chi connectivity index (χ3n) is 2.78. The summed E-state index contributed by atoms with van der Waals surface area (Å²) in [5.74, 6) is 0.344. The first-order valence-electron chi connectivity index (χ1n) is 5.55. The predicted molar refractivity (Wildman–Crippen MR) is 60.9 cm³/mol. The second-order valence-corrected chi connectivity index (χ2v) is 4.05. The van der Waals surface area contributed by atoms with E-state index >= 15 is 0 Å². The quantitative estimate of drug-likeness (QED) is 0.763. The normalized spacial score (nSPS) is 18.7. The molecule has 0 spiro atoms. The average molecular weight is 206 g/mol. The van der Waals surface area contributed by atoms with Crippen LogP contribution in [0.15, 0.2) is 24.3 Å². The van der Waals surface area contributed by atoms with E-state index in [4.69, 9.17) is 0 Å². The predicted octanol–water partition coefficient (Wildman–Crippen LogP) is 1.19. The van der Waals surface area contributed by atoms with E-state index in [9.17, 15) is 5.11 Å².